The van der Waals surface area contributed by atoms with E-state index in [0.29, 0.717) is 24.9 Å². The predicted octanol–water partition coefficient (Wildman–Crippen LogP) is 1.06. The number of aromatic nitrogens is 2. The van der Waals surface area contributed by atoms with E-state index in [0.717, 1.165) is 0 Å². The number of aliphatic hydroxyl groups excluding tert-OH is 1. The summed E-state index contributed by atoms with van der Waals surface area (Å²) in [6.07, 6.45) is 2.25. The molecule has 2 N–H and O–H groups in total. The average molecular weight is 211 g/mol. The van der Waals surface area contributed by atoms with E-state index in [1.165, 1.54) is 0 Å². The Morgan fingerprint density at radius 2 is 2.33 bits per heavy atom. The second-order valence-electron chi connectivity index (χ2n) is 3.44. The lowest BCUT2D eigenvalue weighted by Gasteiger charge is -2.09. The van der Waals surface area contributed by atoms with Gasteiger partial charge in [-0.25, -0.2) is 4.98 Å². The first-order valence-electron chi connectivity index (χ1n) is 5.05. The molecule has 0 aliphatic rings. The zero-order valence-corrected chi connectivity index (χ0v) is 9.10. The molecule has 1 aromatic rings. The van der Waals surface area contributed by atoms with Gasteiger partial charge < -0.3 is 15.2 Å². The molecule has 5 nitrogen and oxygen atoms in total. The van der Waals surface area contributed by atoms with Crippen LogP contribution in [0.5, 0.6) is 5.88 Å². The minimum atomic E-state index is 0.127. The number of anilines is 1. The van der Waals surface area contributed by atoms with Gasteiger partial charge in [-0.3, -0.25) is 0 Å². The van der Waals surface area contributed by atoms with Crippen molar-refractivity contribution in [1.29, 1.82) is 0 Å². The van der Waals surface area contributed by atoms with Crippen LogP contribution in [0.2, 0.25) is 0 Å². The van der Waals surface area contributed by atoms with E-state index >= 15 is 0 Å². The van der Waals surface area contributed by atoms with Gasteiger partial charge >= 0.3 is 0 Å². The minimum Gasteiger partial charge on any atom is -0.477 e. The zero-order chi connectivity index (χ0) is 11.1. The molecule has 0 aromatic carbocycles. The summed E-state index contributed by atoms with van der Waals surface area (Å²) in [6, 6.07) is 1.99. The highest BCUT2D eigenvalue weighted by Crippen LogP contribution is 2.09. The van der Waals surface area contributed by atoms with Crippen molar-refractivity contribution < 1.29 is 9.84 Å². The number of nitrogens with one attached hydrogen (secondary N) is 1. The summed E-state index contributed by atoms with van der Waals surface area (Å²) >= 11 is 0. The highest BCUT2D eigenvalue weighted by Gasteiger charge is 2.00. The molecule has 0 amide bonds. The Balaban J connectivity index is 2.50. The Kier molecular flexibility index (Phi) is 4.83. The highest BCUT2D eigenvalue weighted by molar-refractivity contribution is 5.28. The van der Waals surface area contributed by atoms with Gasteiger partial charge in [0, 0.05) is 31.3 Å². The summed E-state index contributed by atoms with van der Waals surface area (Å²) in [4.78, 5) is 8.21. The smallest absolute Gasteiger partial charge is 0.226 e. The van der Waals surface area contributed by atoms with Gasteiger partial charge in [0.1, 0.15) is 0 Å². The molecule has 0 saturated carbocycles. The van der Waals surface area contributed by atoms with Crippen molar-refractivity contribution in [2.45, 2.75) is 26.3 Å². The standard InChI is InChI=1S/C10H17N3O2/c1-8(2)12-10-11-5-4-9(13-10)15-7-3-6-14/h4-5,8,14H,3,6-7H2,1-2H3,(H,11,12,13). The molecule has 0 aliphatic carbocycles. The number of aliphatic hydroxyl groups is 1. The lowest BCUT2D eigenvalue weighted by atomic mass is 10.4. The SMILES string of the molecule is CC(C)Nc1nccc(OCCCO)n1. The molecule has 0 radical (unpaired) electrons. The lowest BCUT2D eigenvalue weighted by molar-refractivity contribution is 0.229. The Bertz CT molecular complexity index is 292. The molecule has 0 spiro atoms. The monoisotopic (exact) mass is 211 g/mol. The molecule has 84 valence electrons. The van der Waals surface area contributed by atoms with E-state index in [-0.39, 0.29) is 12.6 Å². The van der Waals surface area contributed by atoms with E-state index in [2.05, 4.69) is 15.3 Å². The first-order valence-corrected chi connectivity index (χ1v) is 5.05. The Hall–Kier alpha value is -1.36. The van der Waals surface area contributed by atoms with Crippen molar-refractivity contribution in [2.24, 2.45) is 0 Å². The molecular weight excluding hydrogens is 194 g/mol. The van der Waals surface area contributed by atoms with E-state index in [9.17, 15) is 0 Å². The van der Waals surface area contributed by atoms with Gasteiger partial charge in [-0.05, 0) is 13.8 Å². The molecule has 1 aromatic heterocycles. The molecule has 0 aliphatic heterocycles. The van der Waals surface area contributed by atoms with Gasteiger partial charge in [-0.2, -0.15) is 4.98 Å². The second kappa shape index (κ2) is 6.19. The van der Waals surface area contributed by atoms with Crippen LogP contribution in [-0.2, 0) is 0 Å². The Labute approximate surface area is 89.5 Å². The molecule has 0 bridgehead atoms. The Morgan fingerprint density at radius 3 is 3.00 bits per heavy atom. The maximum absolute atomic E-state index is 8.59. The molecule has 1 heterocycles. The van der Waals surface area contributed by atoms with Crippen molar-refractivity contribution >= 4 is 5.95 Å². The third-order valence-corrected chi connectivity index (χ3v) is 1.60. The normalized spacial score (nSPS) is 10.4. The summed E-state index contributed by atoms with van der Waals surface area (Å²) in [5, 5.41) is 11.7. The van der Waals surface area contributed by atoms with E-state index in [4.69, 9.17) is 9.84 Å². The summed E-state index contributed by atoms with van der Waals surface area (Å²) < 4.78 is 5.32. The van der Waals surface area contributed by atoms with E-state index in [1.54, 1.807) is 12.3 Å². The van der Waals surface area contributed by atoms with Crippen LogP contribution in [0.15, 0.2) is 12.3 Å². The van der Waals surface area contributed by atoms with Crippen LogP contribution in [0.25, 0.3) is 0 Å². The van der Waals surface area contributed by atoms with Gasteiger partial charge in [0.15, 0.2) is 0 Å². The number of hydrogen-bond donors (Lipinski definition) is 2. The van der Waals surface area contributed by atoms with Crippen molar-refractivity contribution in [2.75, 3.05) is 18.5 Å². The van der Waals surface area contributed by atoms with Crippen molar-refractivity contribution in [1.82, 2.24) is 9.97 Å². The number of nitrogens with zero attached hydrogens (tertiary/aromatic N) is 2. The van der Waals surface area contributed by atoms with Gasteiger partial charge in [0.25, 0.3) is 0 Å². The topological polar surface area (TPSA) is 67.3 Å². The van der Waals surface area contributed by atoms with Gasteiger partial charge in [0.2, 0.25) is 11.8 Å². The summed E-state index contributed by atoms with van der Waals surface area (Å²) in [5.41, 5.74) is 0. The van der Waals surface area contributed by atoms with Gasteiger partial charge in [-0.15, -0.1) is 0 Å². The second-order valence-corrected chi connectivity index (χ2v) is 3.44. The molecule has 0 fully saturated rings. The van der Waals surface area contributed by atoms with E-state index in [1.807, 2.05) is 13.8 Å². The maximum Gasteiger partial charge on any atom is 0.226 e. The fraction of sp³-hybridized carbons (Fsp3) is 0.600. The fourth-order valence-electron chi connectivity index (χ4n) is 0.992. The molecule has 0 saturated heterocycles. The highest BCUT2D eigenvalue weighted by atomic mass is 16.5. The summed E-state index contributed by atoms with van der Waals surface area (Å²) in [7, 11) is 0. The van der Waals surface area contributed by atoms with Crippen molar-refractivity contribution in [3.05, 3.63) is 12.3 Å². The molecule has 0 unspecified atom stereocenters. The van der Waals surface area contributed by atoms with Crippen LogP contribution < -0.4 is 10.1 Å². The van der Waals surface area contributed by atoms with Crippen LogP contribution in [0.4, 0.5) is 5.95 Å². The Morgan fingerprint density at radius 1 is 1.53 bits per heavy atom. The molecule has 0 atom stereocenters. The van der Waals surface area contributed by atoms with Crippen LogP contribution in [-0.4, -0.2) is 34.3 Å². The maximum atomic E-state index is 8.59. The van der Waals surface area contributed by atoms with E-state index < -0.39 is 0 Å². The zero-order valence-electron chi connectivity index (χ0n) is 9.10. The lowest BCUT2D eigenvalue weighted by Crippen LogP contribution is -2.13. The molecule has 1 rings (SSSR count). The minimum absolute atomic E-state index is 0.127. The number of ether oxygens (including phenoxy) is 1. The predicted molar refractivity (Wildman–Crippen MR) is 58.0 cm³/mol. The summed E-state index contributed by atoms with van der Waals surface area (Å²) in [5.74, 6) is 1.09. The third-order valence-electron chi connectivity index (χ3n) is 1.60. The van der Waals surface area contributed by atoms with Crippen LogP contribution in [0, 0.1) is 0 Å². The van der Waals surface area contributed by atoms with Crippen molar-refractivity contribution in [3.8, 4) is 5.88 Å². The fourth-order valence-corrected chi connectivity index (χ4v) is 0.992. The third kappa shape index (κ3) is 4.60. The van der Waals surface area contributed by atoms with Crippen LogP contribution in [0.1, 0.15) is 20.3 Å². The van der Waals surface area contributed by atoms with Crippen LogP contribution in [0.3, 0.4) is 0 Å². The summed E-state index contributed by atoms with van der Waals surface area (Å²) in [6.45, 7) is 4.63. The average Bonchev–Trinajstić information content (AvgIpc) is 2.18. The molecule has 5 heteroatoms. The number of hydrogen-bond acceptors (Lipinski definition) is 5. The van der Waals surface area contributed by atoms with Gasteiger partial charge in [0.05, 0.1) is 6.61 Å². The van der Waals surface area contributed by atoms with Crippen molar-refractivity contribution in [3.63, 3.8) is 0 Å². The largest absolute Gasteiger partial charge is 0.477 e. The quantitative estimate of drug-likeness (QED) is 0.689. The molecular formula is C10H17N3O2. The number of rotatable bonds is 6. The first kappa shape index (κ1) is 11.7. The van der Waals surface area contributed by atoms with Crippen LogP contribution >= 0.6 is 0 Å². The molecule has 15 heavy (non-hydrogen) atoms. The first-order chi connectivity index (χ1) is 7.22. The van der Waals surface area contributed by atoms with Gasteiger partial charge in [-0.1, -0.05) is 0 Å².